The number of hydrogen-bond donors (Lipinski definition) is 1. The van der Waals surface area contributed by atoms with Gasteiger partial charge in [0.1, 0.15) is 5.82 Å². The number of hydrogen-bond acceptors (Lipinski definition) is 2. The number of nitrogens with zero attached hydrogens (tertiary/aromatic N) is 1. The monoisotopic (exact) mass is 263 g/mol. The Morgan fingerprint density at radius 3 is 2.63 bits per heavy atom. The van der Waals surface area contributed by atoms with E-state index in [1.165, 1.54) is 31.7 Å². The standard InChI is InChI=1S/C15H18FNO2/c16-14-11(2-1-3-13(14)15(18)19)9-17(12-6-7-12)8-10-4-5-10/h1-3,10,12H,4-9H2,(H,18,19). The zero-order valence-corrected chi connectivity index (χ0v) is 10.8. The van der Waals surface area contributed by atoms with Gasteiger partial charge in [-0.05, 0) is 37.7 Å². The van der Waals surface area contributed by atoms with Gasteiger partial charge in [0.25, 0.3) is 0 Å². The van der Waals surface area contributed by atoms with E-state index in [9.17, 15) is 9.18 Å². The molecule has 0 saturated heterocycles. The highest BCUT2D eigenvalue weighted by molar-refractivity contribution is 5.88. The molecule has 0 radical (unpaired) electrons. The molecule has 2 fully saturated rings. The van der Waals surface area contributed by atoms with Gasteiger partial charge in [0.15, 0.2) is 0 Å². The third kappa shape index (κ3) is 2.95. The number of halogens is 1. The van der Waals surface area contributed by atoms with Crippen LogP contribution in [0.1, 0.15) is 41.6 Å². The van der Waals surface area contributed by atoms with Crippen LogP contribution in [0.4, 0.5) is 4.39 Å². The molecule has 4 heteroatoms. The molecule has 0 atom stereocenters. The summed E-state index contributed by atoms with van der Waals surface area (Å²) >= 11 is 0. The van der Waals surface area contributed by atoms with Crippen LogP contribution >= 0.6 is 0 Å². The van der Waals surface area contributed by atoms with E-state index in [0.29, 0.717) is 18.2 Å². The molecule has 2 saturated carbocycles. The Kier molecular flexibility index (Phi) is 3.27. The molecule has 0 aliphatic heterocycles. The molecule has 102 valence electrons. The van der Waals surface area contributed by atoms with Gasteiger partial charge >= 0.3 is 5.97 Å². The summed E-state index contributed by atoms with van der Waals surface area (Å²) in [7, 11) is 0. The molecule has 1 aromatic rings. The van der Waals surface area contributed by atoms with Crippen LogP contribution < -0.4 is 0 Å². The fourth-order valence-corrected chi connectivity index (χ4v) is 2.50. The Bertz CT molecular complexity index is 495. The zero-order chi connectivity index (χ0) is 13.4. The summed E-state index contributed by atoms with van der Waals surface area (Å²) in [6, 6.07) is 5.23. The molecule has 1 N–H and O–H groups in total. The minimum atomic E-state index is -1.19. The molecular weight excluding hydrogens is 245 g/mol. The van der Waals surface area contributed by atoms with Gasteiger partial charge in [-0.2, -0.15) is 0 Å². The second kappa shape index (κ2) is 4.93. The van der Waals surface area contributed by atoms with Gasteiger partial charge in [-0.1, -0.05) is 12.1 Å². The first kappa shape index (κ1) is 12.6. The summed E-state index contributed by atoms with van der Waals surface area (Å²) in [6.07, 6.45) is 4.93. The molecular formula is C15H18FNO2. The summed E-state index contributed by atoms with van der Waals surface area (Å²) < 4.78 is 14.1. The lowest BCUT2D eigenvalue weighted by Crippen LogP contribution is -2.28. The average molecular weight is 263 g/mol. The summed E-state index contributed by atoms with van der Waals surface area (Å²) in [6.45, 7) is 1.57. The Labute approximate surface area is 112 Å². The van der Waals surface area contributed by atoms with Crippen LogP contribution in [0, 0.1) is 11.7 Å². The van der Waals surface area contributed by atoms with Gasteiger partial charge in [0.05, 0.1) is 5.56 Å². The Morgan fingerprint density at radius 1 is 1.32 bits per heavy atom. The molecule has 0 bridgehead atoms. The van der Waals surface area contributed by atoms with Gasteiger partial charge in [-0.15, -0.1) is 0 Å². The van der Waals surface area contributed by atoms with E-state index in [4.69, 9.17) is 5.11 Å². The molecule has 0 amide bonds. The van der Waals surface area contributed by atoms with E-state index in [1.54, 1.807) is 12.1 Å². The first-order valence-corrected chi connectivity index (χ1v) is 6.90. The predicted octanol–water partition coefficient (Wildman–Crippen LogP) is 2.90. The Balaban J connectivity index is 1.76. The lowest BCUT2D eigenvalue weighted by molar-refractivity contribution is 0.0691. The van der Waals surface area contributed by atoms with Gasteiger partial charge in [0.2, 0.25) is 0 Å². The maximum atomic E-state index is 14.1. The lowest BCUT2D eigenvalue weighted by Gasteiger charge is -2.22. The van der Waals surface area contributed by atoms with Crippen molar-refractivity contribution in [1.82, 2.24) is 4.90 Å². The summed E-state index contributed by atoms with van der Waals surface area (Å²) in [5.74, 6) is -0.998. The summed E-state index contributed by atoms with van der Waals surface area (Å²) in [5.41, 5.74) is 0.284. The van der Waals surface area contributed by atoms with Gasteiger partial charge in [0, 0.05) is 24.7 Å². The second-order valence-electron chi connectivity index (χ2n) is 5.69. The van der Waals surface area contributed by atoms with E-state index in [-0.39, 0.29) is 5.56 Å². The number of rotatable bonds is 6. The quantitative estimate of drug-likeness (QED) is 0.858. The maximum Gasteiger partial charge on any atom is 0.338 e. The van der Waals surface area contributed by atoms with Crippen molar-refractivity contribution < 1.29 is 14.3 Å². The lowest BCUT2D eigenvalue weighted by atomic mass is 10.1. The van der Waals surface area contributed by atoms with Crippen LogP contribution in [0.15, 0.2) is 18.2 Å². The summed E-state index contributed by atoms with van der Waals surface area (Å²) in [4.78, 5) is 13.3. The number of benzene rings is 1. The highest BCUT2D eigenvalue weighted by Crippen LogP contribution is 2.35. The van der Waals surface area contributed by atoms with Crippen LogP contribution in [-0.4, -0.2) is 28.6 Å². The maximum absolute atomic E-state index is 14.1. The zero-order valence-electron chi connectivity index (χ0n) is 10.8. The number of aromatic carboxylic acids is 1. The van der Waals surface area contributed by atoms with Crippen LogP contribution in [0.2, 0.25) is 0 Å². The fraction of sp³-hybridized carbons (Fsp3) is 0.533. The minimum Gasteiger partial charge on any atom is -0.478 e. The number of carbonyl (C=O) groups is 1. The van der Waals surface area contributed by atoms with Crippen molar-refractivity contribution in [3.63, 3.8) is 0 Å². The Morgan fingerprint density at radius 2 is 2.05 bits per heavy atom. The van der Waals surface area contributed by atoms with Crippen LogP contribution in [0.5, 0.6) is 0 Å². The first-order chi connectivity index (χ1) is 9.15. The minimum absolute atomic E-state index is 0.223. The normalized spacial score (nSPS) is 18.8. The molecule has 3 rings (SSSR count). The smallest absolute Gasteiger partial charge is 0.338 e. The molecule has 3 nitrogen and oxygen atoms in total. The predicted molar refractivity (Wildman–Crippen MR) is 69.5 cm³/mol. The number of carboxylic acids is 1. The highest BCUT2D eigenvalue weighted by atomic mass is 19.1. The van der Waals surface area contributed by atoms with Crippen molar-refractivity contribution in [3.8, 4) is 0 Å². The van der Waals surface area contributed by atoms with Crippen molar-refractivity contribution in [2.24, 2.45) is 5.92 Å². The van der Waals surface area contributed by atoms with Crippen molar-refractivity contribution >= 4 is 5.97 Å². The van der Waals surface area contributed by atoms with Gasteiger partial charge in [-0.3, -0.25) is 4.90 Å². The van der Waals surface area contributed by atoms with Crippen molar-refractivity contribution in [1.29, 1.82) is 0 Å². The molecule has 0 unspecified atom stereocenters. The van der Waals surface area contributed by atoms with E-state index < -0.39 is 11.8 Å². The SMILES string of the molecule is O=C(O)c1cccc(CN(CC2CC2)C2CC2)c1F. The van der Waals surface area contributed by atoms with E-state index in [2.05, 4.69) is 4.90 Å². The largest absolute Gasteiger partial charge is 0.478 e. The molecule has 1 aromatic carbocycles. The fourth-order valence-electron chi connectivity index (χ4n) is 2.50. The van der Waals surface area contributed by atoms with Crippen molar-refractivity contribution in [2.75, 3.05) is 6.54 Å². The molecule has 0 aromatic heterocycles. The summed E-state index contributed by atoms with van der Waals surface area (Å²) in [5, 5.41) is 8.95. The first-order valence-electron chi connectivity index (χ1n) is 6.90. The van der Waals surface area contributed by atoms with E-state index in [0.717, 1.165) is 12.5 Å². The highest BCUT2D eigenvalue weighted by Gasteiger charge is 2.34. The van der Waals surface area contributed by atoms with E-state index >= 15 is 0 Å². The van der Waals surface area contributed by atoms with Gasteiger partial charge < -0.3 is 5.11 Å². The van der Waals surface area contributed by atoms with Crippen molar-refractivity contribution in [3.05, 3.63) is 35.1 Å². The van der Waals surface area contributed by atoms with Crippen LogP contribution in [0.25, 0.3) is 0 Å². The third-order valence-electron chi connectivity index (χ3n) is 3.94. The molecule has 2 aliphatic rings. The second-order valence-corrected chi connectivity index (χ2v) is 5.69. The molecule has 19 heavy (non-hydrogen) atoms. The molecule has 0 heterocycles. The topological polar surface area (TPSA) is 40.5 Å². The molecule has 0 spiro atoms. The number of carboxylic acid groups (broad SMARTS) is 1. The van der Waals surface area contributed by atoms with Crippen molar-refractivity contribution in [2.45, 2.75) is 38.3 Å². The third-order valence-corrected chi connectivity index (χ3v) is 3.94. The molecule has 2 aliphatic carbocycles. The van der Waals surface area contributed by atoms with Crippen LogP contribution in [-0.2, 0) is 6.54 Å². The van der Waals surface area contributed by atoms with Gasteiger partial charge in [-0.25, -0.2) is 9.18 Å². The average Bonchev–Trinajstić information content (AvgIpc) is 3.24. The van der Waals surface area contributed by atoms with E-state index in [1.807, 2.05) is 0 Å². The van der Waals surface area contributed by atoms with Crippen LogP contribution in [0.3, 0.4) is 0 Å². The Hall–Kier alpha value is -1.42.